The number of amides is 2. The maximum absolute atomic E-state index is 14.3. The van der Waals surface area contributed by atoms with Gasteiger partial charge in [-0.3, -0.25) is 19.2 Å². The van der Waals surface area contributed by atoms with Crippen LogP contribution >= 0.6 is 21.6 Å². The van der Waals surface area contributed by atoms with Crippen LogP contribution in [0.5, 0.6) is 0 Å². The standard InChI is InChI=1S/C24H24N2O8S2/c1-3-4-14(28)32-13-6-11-8-24-22(30)25-15-10(5-12(31-9(2)27)17-19(15)33-17)7-23(25,35-36-24)21(29)26(24)16(11)20-18(13)34-20/h5-6,12-13,15-20H,3-4,7-8H2,1-2H3/t12-,13-,15-,16-,17-,18-,19+,20+,23+,24+/m0/s1. The number of epoxide rings is 2. The van der Waals surface area contributed by atoms with Crippen LogP contribution in [-0.4, -0.2) is 92.0 Å². The Morgan fingerprint density at radius 3 is 1.89 bits per heavy atom. The number of hydrogen-bond acceptors (Lipinski definition) is 10. The molecule has 7 fully saturated rings. The van der Waals surface area contributed by atoms with Gasteiger partial charge in [0.05, 0.1) is 12.1 Å². The molecule has 7 aliphatic heterocycles. The second-order valence-electron chi connectivity index (χ2n) is 10.7. The van der Waals surface area contributed by atoms with Crippen LogP contribution in [-0.2, 0) is 38.1 Å². The zero-order valence-electron chi connectivity index (χ0n) is 19.6. The molecule has 0 unspecified atom stereocenters. The summed E-state index contributed by atoms with van der Waals surface area (Å²) >= 11 is 0. The third-order valence-corrected chi connectivity index (χ3v) is 12.1. The van der Waals surface area contributed by atoms with E-state index < -0.39 is 21.9 Å². The molecule has 0 aromatic carbocycles. The van der Waals surface area contributed by atoms with Crippen LogP contribution in [0.15, 0.2) is 23.3 Å². The molecule has 0 radical (unpaired) electrons. The number of carbonyl (C=O) groups is 4. The van der Waals surface area contributed by atoms with Gasteiger partial charge in [-0.05, 0) is 29.7 Å². The highest BCUT2D eigenvalue weighted by Crippen LogP contribution is 2.71. The van der Waals surface area contributed by atoms with Crippen LogP contribution in [0.3, 0.4) is 0 Å². The monoisotopic (exact) mass is 532 g/mol. The predicted molar refractivity (Wildman–Crippen MR) is 125 cm³/mol. The van der Waals surface area contributed by atoms with E-state index in [4.69, 9.17) is 18.9 Å². The summed E-state index contributed by atoms with van der Waals surface area (Å²) in [5.41, 5.74) is 1.86. The SMILES string of the molecule is CCCC(=O)O[C@H]1C=C2C[C@@]34SS[C@]5(CC6=C[C@H](OC(C)=O)[C@@H]7O[C@@H]7[C@H]6N5C3=O)C(=O)N4[C@@H]2[C@H]2O[C@H]21. The Morgan fingerprint density at radius 2 is 1.42 bits per heavy atom. The molecule has 2 spiro atoms. The summed E-state index contributed by atoms with van der Waals surface area (Å²) < 4.78 is 23.0. The van der Waals surface area contributed by atoms with Crippen LogP contribution in [0, 0.1) is 0 Å². The number of rotatable bonds is 4. The second kappa shape index (κ2) is 6.89. The highest BCUT2D eigenvalue weighted by Gasteiger charge is 2.80. The molecule has 12 heteroatoms. The zero-order valence-corrected chi connectivity index (χ0v) is 21.2. The Bertz CT molecular complexity index is 1220. The van der Waals surface area contributed by atoms with Gasteiger partial charge in [-0.1, -0.05) is 28.5 Å². The molecule has 9 aliphatic rings. The van der Waals surface area contributed by atoms with E-state index in [0.29, 0.717) is 25.7 Å². The van der Waals surface area contributed by atoms with E-state index in [9.17, 15) is 19.2 Å². The smallest absolute Gasteiger partial charge is 0.306 e. The van der Waals surface area contributed by atoms with E-state index in [0.717, 1.165) is 11.1 Å². The minimum atomic E-state index is -1.05. The fourth-order valence-corrected chi connectivity index (χ4v) is 10.8. The minimum Gasteiger partial charge on any atom is -0.455 e. The third kappa shape index (κ3) is 2.54. The molecule has 10 atom stereocenters. The Morgan fingerprint density at radius 1 is 0.917 bits per heavy atom. The normalized spacial score (nSPS) is 48.1. The first-order valence-corrected chi connectivity index (χ1v) is 14.6. The van der Waals surface area contributed by atoms with Crippen molar-refractivity contribution in [1.82, 2.24) is 9.80 Å². The number of carbonyl (C=O) groups excluding carboxylic acids is 4. The molecule has 0 aromatic heterocycles. The van der Waals surface area contributed by atoms with Crippen LogP contribution in [0.4, 0.5) is 0 Å². The van der Waals surface area contributed by atoms with Gasteiger partial charge in [-0.2, -0.15) is 0 Å². The first kappa shape index (κ1) is 22.0. The molecular formula is C24H24N2O8S2. The first-order valence-electron chi connectivity index (χ1n) is 12.4. The van der Waals surface area contributed by atoms with Crippen LogP contribution in [0.1, 0.15) is 39.5 Å². The molecule has 0 saturated carbocycles. The van der Waals surface area contributed by atoms with Gasteiger partial charge < -0.3 is 28.7 Å². The van der Waals surface area contributed by atoms with Crippen molar-refractivity contribution in [3.8, 4) is 0 Å². The zero-order chi connectivity index (χ0) is 24.7. The van der Waals surface area contributed by atoms with E-state index in [-0.39, 0.29) is 60.3 Å². The van der Waals surface area contributed by atoms with Crippen LogP contribution in [0.25, 0.3) is 0 Å². The fraction of sp³-hybridized carbons (Fsp3) is 0.667. The minimum absolute atomic E-state index is 0.0773. The average Bonchev–Trinajstić information content (AvgIpc) is 3.73. The largest absolute Gasteiger partial charge is 0.455 e. The molecule has 2 aliphatic carbocycles. The van der Waals surface area contributed by atoms with Gasteiger partial charge in [0.25, 0.3) is 11.8 Å². The van der Waals surface area contributed by atoms with Crippen molar-refractivity contribution in [2.24, 2.45) is 0 Å². The van der Waals surface area contributed by atoms with Crippen molar-refractivity contribution < 1.29 is 38.1 Å². The van der Waals surface area contributed by atoms with E-state index in [1.807, 2.05) is 19.1 Å². The molecule has 2 amide bonds. The molecule has 190 valence electrons. The van der Waals surface area contributed by atoms with Gasteiger partial charge >= 0.3 is 11.9 Å². The summed E-state index contributed by atoms with van der Waals surface area (Å²) in [4.78, 5) is 53.7. The van der Waals surface area contributed by atoms with E-state index in [1.165, 1.54) is 28.5 Å². The number of esters is 2. The fourth-order valence-electron chi connectivity index (χ4n) is 7.14. The van der Waals surface area contributed by atoms with Gasteiger partial charge in [-0.15, -0.1) is 0 Å². The van der Waals surface area contributed by atoms with Gasteiger partial charge in [0.15, 0.2) is 9.74 Å². The van der Waals surface area contributed by atoms with Crippen molar-refractivity contribution in [3.05, 3.63) is 23.3 Å². The Hall–Kier alpha value is -2.02. The summed E-state index contributed by atoms with van der Waals surface area (Å²) in [5, 5.41) is 0. The van der Waals surface area contributed by atoms with E-state index in [1.54, 1.807) is 9.80 Å². The number of hydrogen-bond donors (Lipinski definition) is 0. The topological polar surface area (TPSA) is 118 Å². The Kier molecular flexibility index (Phi) is 4.21. The Labute approximate surface area is 214 Å². The molecule has 0 aromatic rings. The summed E-state index contributed by atoms with van der Waals surface area (Å²) in [7, 11) is 2.93. The lowest BCUT2D eigenvalue weighted by Gasteiger charge is -2.58. The molecule has 9 rings (SSSR count). The van der Waals surface area contributed by atoms with Crippen molar-refractivity contribution in [2.45, 2.75) is 98.0 Å². The maximum atomic E-state index is 14.3. The molecule has 2 bridgehead atoms. The van der Waals surface area contributed by atoms with Crippen LogP contribution < -0.4 is 0 Å². The molecule has 0 N–H and O–H groups in total. The number of piperazine rings is 1. The molecule has 10 nitrogen and oxygen atoms in total. The van der Waals surface area contributed by atoms with Crippen LogP contribution in [0.2, 0.25) is 0 Å². The summed E-state index contributed by atoms with van der Waals surface area (Å²) in [6, 6.07) is -0.648. The van der Waals surface area contributed by atoms with Gasteiger partial charge in [0, 0.05) is 26.2 Å². The molecule has 7 saturated heterocycles. The van der Waals surface area contributed by atoms with Crippen molar-refractivity contribution in [3.63, 3.8) is 0 Å². The molecule has 36 heavy (non-hydrogen) atoms. The maximum Gasteiger partial charge on any atom is 0.306 e. The van der Waals surface area contributed by atoms with Crippen molar-refractivity contribution in [2.75, 3.05) is 0 Å². The van der Waals surface area contributed by atoms with Gasteiger partial charge in [0.1, 0.15) is 36.6 Å². The van der Waals surface area contributed by atoms with E-state index >= 15 is 0 Å². The van der Waals surface area contributed by atoms with Gasteiger partial charge in [-0.25, -0.2) is 0 Å². The van der Waals surface area contributed by atoms with Gasteiger partial charge in [0.2, 0.25) is 0 Å². The molecular weight excluding hydrogens is 508 g/mol. The van der Waals surface area contributed by atoms with E-state index in [2.05, 4.69) is 0 Å². The number of ether oxygens (including phenoxy) is 4. The summed E-state index contributed by atoms with van der Waals surface area (Å²) in [6.07, 6.45) is 3.51. The van der Waals surface area contributed by atoms with Crippen molar-refractivity contribution in [1.29, 1.82) is 0 Å². The number of fused-ring (bicyclic) bond motifs is 7. The Balaban J connectivity index is 1.15. The third-order valence-electron chi connectivity index (χ3n) is 8.58. The first-order chi connectivity index (χ1) is 17.3. The molecule has 7 heterocycles. The lowest BCUT2D eigenvalue weighted by Crippen LogP contribution is -2.76. The average molecular weight is 533 g/mol. The summed E-state index contributed by atoms with van der Waals surface area (Å²) in [6.45, 7) is 3.29. The highest BCUT2D eigenvalue weighted by molar-refractivity contribution is 8.78. The predicted octanol–water partition coefficient (Wildman–Crippen LogP) is 1.05. The quantitative estimate of drug-likeness (QED) is 0.225. The van der Waals surface area contributed by atoms with Crippen molar-refractivity contribution >= 4 is 45.3 Å². The highest BCUT2D eigenvalue weighted by atomic mass is 33.1. The number of nitrogens with zero attached hydrogens (tertiary/aromatic N) is 2. The lowest BCUT2D eigenvalue weighted by atomic mass is 9.91. The summed E-state index contributed by atoms with van der Waals surface area (Å²) in [5.74, 6) is -0.802. The lowest BCUT2D eigenvalue weighted by molar-refractivity contribution is -0.166. The second-order valence-corrected chi connectivity index (χ2v) is 13.4.